The van der Waals surface area contributed by atoms with Crippen LogP contribution in [0.3, 0.4) is 0 Å². The fourth-order valence-corrected chi connectivity index (χ4v) is 5.59. The summed E-state index contributed by atoms with van der Waals surface area (Å²) in [5, 5.41) is 22.3. The van der Waals surface area contributed by atoms with Gasteiger partial charge in [-0.15, -0.1) is 0 Å². The summed E-state index contributed by atoms with van der Waals surface area (Å²) in [5.41, 5.74) is 1.91. The minimum absolute atomic E-state index is 0.145. The molecular formula is C32H45IN4O5. The SMILES string of the molecule is CCC[C@@H]1NC(=O)[C@@H](C(C)C)NC(=O)[C@@H](Cc2ccc(O)c(I)c2)N[C@@H](C)COc2ccccc2C[C@H](C)CNC1=O. The lowest BCUT2D eigenvalue weighted by Crippen LogP contribution is -2.59. The van der Waals surface area contributed by atoms with Crippen molar-refractivity contribution in [1.82, 2.24) is 21.3 Å². The molecule has 1 aliphatic heterocycles. The van der Waals surface area contributed by atoms with Gasteiger partial charge in [0.15, 0.2) is 0 Å². The number of benzene rings is 2. The van der Waals surface area contributed by atoms with Crippen molar-refractivity contribution >= 4 is 40.3 Å². The Morgan fingerprint density at radius 1 is 1.00 bits per heavy atom. The van der Waals surface area contributed by atoms with Crippen LogP contribution < -0.4 is 26.0 Å². The number of hydrogen-bond acceptors (Lipinski definition) is 6. The molecule has 0 saturated heterocycles. The summed E-state index contributed by atoms with van der Waals surface area (Å²) in [6, 6.07) is 10.7. The molecule has 10 heteroatoms. The maximum atomic E-state index is 13.8. The predicted molar refractivity (Wildman–Crippen MR) is 172 cm³/mol. The van der Waals surface area contributed by atoms with Crippen molar-refractivity contribution in [2.75, 3.05) is 13.2 Å². The second-order valence-corrected chi connectivity index (χ2v) is 12.8. The Kier molecular flexibility index (Phi) is 12.9. The number of carbonyl (C=O) groups is 3. The van der Waals surface area contributed by atoms with Gasteiger partial charge in [0, 0.05) is 12.6 Å². The second-order valence-electron chi connectivity index (χ2n) is 11.7. The number of rotatable bonds is 5. The normalized spacial score (nSPS) is 24.8. The van der Waals surface area contributed by atoms with E-state index in [0.29, 0.717) is 42.4 Å². The molecule has 0 aliphatic carbocycles. The highest BCUT2D eigenvalue weighted by atomic mass is 127. The van der Waals surface area contributed by atoms with E-state index in [-0.39, 0.29) is 41.3 Å². The van der Waals surface area contributed by atoms with E-state index in [1.807, 2.05) is 58.0 Å². The Labute approximate surface area is 263 Å². The molecular weight excluding hydrogens is 647 g/mol. The summed E-state index contributed by atoms with van der Waals surface area (Å²) in [6.07, 6.45) is 2.26. The minimum Gasteiger partial charge on any atom is -0.507 e. The fourth-order valence-electron chi connectivity index (χ4n) is 5.01. The zero-order chi connectivity index (χ0) is 30.8. The standard InChI is InChI=1S/C32H45IN4O5/c1-6-9-25-30(39)34-17-20(4)14-23-10-7-8-11-28(23)42-18-21(5)35-26(16-22-12-13-27(38)24(33)15-22)31(40)37-29(19(2)3)32(41)36-25/h7-8,10-13,15,19-21,25-26,29,35,38H,6,9,14,16-18H2,1-5H3,(H,34,39)(H,36,41)(H,37,40)/t20-,21-,25-,26+,29+/m0/s1. The lowest BCUT2D eigenvalue weighted by molar-refractivity contribution is -0.133. The maximum Gasteiger partial charge on any atom is 0.243 e. The van der Waals surface area contributed by atoms with Gasteiger partial charge in [0.1, 0.15) is 30.2 Å². The number of aromatic hydroxyl groups is 1. The zero-order valence-electron chi connectivity index (χ0n) is 25.2. The van der Waals surface area contributed by atoms with E-state index in [2.05, 4.69) is 50.8 Å². The first-order valence-corrected chi connectivity index (χ1v) is 15.9. The van der Waals surface area contributed by atoms with Crippen LogP contribution in [0, 0.1) is 15.4 Å². The number of carbonyl (C=O) groups excluding carboxylic acids is 3. The molecule has 9 nitrogen and oxygen atoms in total. The zero-order valence-corrected chi connectivity index (χ0v) is 27.4. The van der Waals surface area contributed by atoms with Gasteiger partial charge in [-0.2, -0.15) is 0 Å². The molecule has 2 aromatic carbocycles. The summed E-state index contributed by atoms with van der Waals surface area (Å²) < 4.78 is 6.92. The highest BCUT2D eigenvalue weighted by Gasteiger charge is 2.31. The first-order valence-electron chi connectivity index (χ1n) is 14.8. The maximum absolute atomic E-state index is 13.8. The summed E-state index contributed by atoms with van der Waals surface area (Å²) >= 11 is 2.06. The lowest BCUT2D eigenvalue weighted by Gasteiger charge is -2.29. The number of amides is 3. The van der Waals surface area contributed by atoms with Gasteiger partial charge in [-0.1, -0.05) is 58.4 Å². The molecule has 0 fully saturated rings. The fraction of sp³-hybridized carbons (Fsp3) is 0.531. The number of hydrogen-bond donors (Lipinski definition) is 5. The molecule has 0 spiro atoms. The molecule has 0 radical (unpaired) electrons. The molecule has 0 bridgehead atoms. The first-order chi connectivity index (χ1) is 20.0. The van der Waals surface area contributed by atoms with Crippen LogP contribution in [0.15, 0.2) is 42.5 Å². The van der Waals surface area contributed by atoms with Crippen LogP contribution in [-0.4, -0.2) is 60.1 Å². The van der Waals surface area contributed by atoms with Crippen molar-refractivity contribution in [3.05, 3.63) is 57.2 Å². The van der Waals surface area contributed by atoms with E-state index in [0.717, 1.165) is 16.9 Å². The molecule has 1 heterocycles. The number of para-hydroxylation sites is 1. The Morgan fingerprint density at radius 2 is 1.74 bits per heavy atom. The van der Waals surface area contributed by atoms with E-state index in [1.165, 1.54) is 0 Å². The monoisotopic (exact) mass is 692 g/mol. The van der Waals surface area contributed by atoms with Crippen LogP contribution >= 0.6 is 22.6 Å². The third-order valence-corrected chi connectivity index (χ3v) is 8.23. The van der Waals surface area contributed by atoms with Crippen molar-refractivity contribution < 1.29 is 24.2 Å². The first kappa shape index (κ1) is 33.6. The number of phenolic OH excluding ortho intramolecular Hbond substituents is 1. The molecule has 3 amide bonds. The summed E-state index contributed by atoms with van der Waals surface area (Å²) in [7, 11) is 0. The molecule has 5 atom stereocenters. The van der Waals surface area contributed by atoms with Gasteiger partial charge in [-0.3, -0.25) is 19.7 Å². The molecule has 0 unspecified atom stereocenters. The number of phenols is 1. The van der Waals surface area contributed by atoms with Crippen molar-refractivity contribution in [2.45, 2.75) is 84.5 Å². The van der Waals surface area contributed by atoms with Gasteiger partial charge in [-0.25, -0.2) is 0 Å². The van der Waals surface area contributed by atoms with Crippen LogP contribution in [0.1, 0.15) is 58.6 Å². The van der Waals surface area contributed by atoms with Crippen LogP contribution in [0.2, 0.25) is 0 Å². The predicted octanol–water partition coefficient (Wildman–Crippen LogP) is 3.70. The van der Waals surface area contributed by atoms with Gasteiger partial charge >= 0.3 is 0 Å². The molecule has 42 heavy (non-hydrogen) atoms. The van der Waals surface area contributed by atoms with Gasteiger partial charge < -0.3 is 25.8 Å². The number of ether oxygens (including phenoxy) is 1. The highest BCUT2D eigenvalue weighted by molar-refractivity contribution is 14.1. The topological polar surface area (TPSA) is 129 Å². The molecule has 0 saturated carbocycles. The van der Waals surface area contributed by atoms with E-state index in [9.17, 15) is 19.5 Å². The summed E-state index contributed by atoms with van der Waals surface area (Å²) in [5.74, 6) is -0.0560. The van der Waals surface area contributed by atoms with Gasteiger partial charge in [0.05, 0.1) is 9.61 Å². The third kappa shape index (κ3) is 9.86. The number of halogens is 1. The van der Waals surface area contributed by atoms with Gasteiger partial charge in [0.25, 0.3) is 0 Å². The van der Waals surface area contributed by atoms with Crippen molar-refractivity contribution in [1.29, 1.82) is 0 Å². The quantitative estimate of drug-likeness (QED) is 0.305. The molecule has 0 aromatic heterocycles. The highest BCUT2D eigenvalue weighted by Crippen LogP contribution is 2.23. The molecule has 2 aromatic rings. The van der Waals surface area contributed by atoms with Crippen LogP contribution in [0.25, 0.3) is 0 Å². The average Bonchev–Trinajstić information content (AvgIpc) is 2.94. The molecule has 230 valence electrons. The Balaban J connectivity index is 1.94. The Bertz CT molecular complexity index is 1220. The van der Waals surface area contributed by atoms with Crippen LogP contribution in [0.5, 0.6) is 11.5 Å². The smallest absolute Gasteiger partial charge is 0.243 e. The second kappa shape index (κ2) is 16.1. The average molecular weight is 693 g/mol. The Hall–Kier alpha value is -2.86. The molecule has 3 rings (SSSR count). The van der Waals surface area contributed by atoms with E-state index >= 15 is 0 Å². The number of nitrogens with one attached hydrogen (secondary N) is 4. The van der Waals surface area contributed by atoms with Crippen LogP contribution in [0.4, 0.5) is 0 Å². The molecule has 1 aliphatic rings. The van der Waals surface area contributed by atoms with E-state index in [4.69, 9.17) is 4.74 Å². The van der Waals surface area contributed by atoms with Gasteiger partial charge in [-0.05, 0) is 89.9 Å². The minimum atomic E-state index is -0.829. The van der Waals surface area contributed by atoms with Crippen molar-refractivity contribution in [3.63, 3.8) is 0 Å². The molecule has 5 N–H and O–H groups in total. The third-order valence-electron chi connectivity index (χ3n) is 7.37. The van der Waals surface area contributed by atoms with Crippen molar-refractivity contribution in [3.8, 4) is 11.5 Å². The van der Waals surface area contributed by atoms with E-state index < -0.39 is 18.1 Å². The summed E-state index contributed by atoms with van der Waals surface area (Å²) in [6.45, 7) is 10.5. The number of fused-ring (bicyclic) bond motifs is 1. The summed E-state index contributed by atoms with van der Waals surface area (Å²) in [4.78, 5) is 40.4. The largest absolute Gasteiger partial charge is 0.507 e. The van der Waals surface area contributed by atoms with E-state index in [1.54, 1.807) is 12.1 Å². The van der Waals surface area contributed by atoms with Crippen LogP contribution in [-0.2, 0) is 27.2 Å². The van der Waals surface area contributed by atoms with Crippen molar-refractivity contribution in [2.24, 2.45) is 11.8 Å². The Morgan fingerprint density at radius 3 is 2.43 bits per heavy atom. The lowest BCUT2D eigenvalue weighted by atomic mass is 9.99. The van der Waals surface area contributed by atoms with Gasteiger partial charge in [0.2, 0.25) is 17.7 Å².